The summed E-state index contributed by atoms with van der Waals surface area (Å²) < 4.78 is 5.28. The normalized spacial score (nSPS) is 28.2. The van der Waals surface area contributed by atoms with Crippen LogP contribution in [0.15, 0.2) is 0 Å². The zero-order valence-corrected chi connectivity index (χ0v) is 5.81. The highest BCUT2D eigenvalue weighted by molar-refractivity contribution is 6.08. The molecule has 0 amide bonds. The van der Waals surface area contributed by atoms with E-state index in [2.05, 4.69) is 0 Å². The van der Waals surface area contributed by atoms with Crippen LogP contribution in [0.1, 0.15) is 19.3 Å². The number of rotatable bonds is 2. The minimum atomic E-state index is 0.753. The Morgan fingerprint density at radius 1 is 1.56 bits per heavy atom. The van der Waals surface area contributed by atoms with Crippen LogP contribution in [0.2, 0.25) is 6.32 Å². The summed E-state index contributed by atoms with van der Waals surface area (Å²) in [5, 5.41) is 0. The summed E-state index contributed by atoms with van der Waals surface area (Å²) in [4.78, 5) is 0. The third-order valence-electron chi connectivity index (χ3n) is 1.83. The second kappa shape index (κ2) is 3.94. The second-order valence-corrected chi connectivity index (χ2v) is 2.66. The molecule has 0 bridgehead atoms. The molecule has 1 saturated heterocycles. The van der Waals surface area contributed by atoms with Crippen LogP contribution in [0.25, 0.3) is 0 Å². The summed E-state index contributed by atoms with van der Waals surface area (Å²) in [6.07, 6.45) is 4.50. The van der Waals surface area contributed by atoms with Gasteiger partial charge in [-0.1, -0.05) is 12.7 Å². The molecular weight excluding hydrogens is 111 g/mol. The van der Waals surface area contributed by atoms with Crippen molar-refractivity contribution in [1.82, 2.24) is 0 Å². The smallest absolute Gasteiger partial charge is 0.0653 e. The third kappa shape index (κ3) is 2.40. The highest BCUT2D eigenvalue weighted by atomic mass is 16.5. The molecule has 1 nitrogen and oxygen atoms in total. The highest BCUT2D eigenvalue weighted by Crippen LogP contribution is 2.17. The van der Waals surface area contributed by atoms with E-state index >= 15 is 0 Å². The van der Waals surface area contributed by atoms with E-state index in [0.29, 0.717) is 0 Å². The monoisotopic (exact) mass is 124 g/mol. The summed E-state index contributed by atoms with van der Waals surface area (Å²) in [5.74, 6) is 0.753. The average Bonchev–Trinajstić information content (AvgIpc) is 1.91. The van der Waals surface area contributed by atoms with E-state index in [4.69, 9.17) is 12.6 Å². The predicted octanol–water partition coefficient (Wildman–Crippen LogP) is 1.39. The van der Waals surface area contributed by atoms with Crippen molar-refractivity contribution in [3.05, 3.63) is 0 Å². The van der Waals surface area contributed by atoms with Crippen molar-refractivity contribution in [3.63, 3.8) is 0 Å². The largest absolute Gasteiger partial charge is 0.381 e. The number of ether oxygens (including phenoxy) is 1. The molecule has 0 aromatic rings. The molecule has 0 saturated carbocycles. The average molecular weight is 124 g/mol. The Kier molecular flexibility index (Phi) is 3.12. The van der Waals surface area contributed by atoms with Gasteiger partial charge in [0.15, 0.2) is 0 Å². The van der Waals surface area contributed by atoms with Crippen molar-refractivity contribution >= 4 is 7.85 Å². The molecule has 1 atom stereocenters. The van der Waals surface area contributed by atoms with Crippen molar-refractivity contribution in [2.45, 2.75) is 25.6 Å². The molecule has 1 aliphatic heterocycles. The first-order valence-corrected chi connectivity index (χ1v) is 3.71. The van der Waals surface area contributed by atoms with Gasteiger partial charge in [-0.2, -0.15) is 0 Å². The quantitative estimate of drug-likeness (QED) is 0.505. The molecule has 50 valence electrons. The van der Waals surface area contributed by atoms with E-state index in [0.717, 1.165) is 31.9 Å². The van der Waals surface area contributed by atoms with Gasteiger partial charge in [0.2, 0.25) is 0 Å². The minimum Gasteiger partial charge on any atom is -0.381 e. The standard InChI is InChI=1S/C7H13BO/c8-4-3-7-2-1-5-9-6-7/h7H,1-6H2. The van der Waals surface area contributed by atoms with Gasteiger partial charge < -0.3 is 4.74 Å². The Hall–Kier alpha value is 0.0249. The molecule has 1 aliphatic rings. The van der Waals surface area contributed by atoms with Gasteiger partial charge in [-0.15, -0.1) is 0 Å². The lowest BCUT2D eigenvalue weighted by Gasteiger charge is -2.20. The Bertz CT molecular complexity index is 66.6. The first-order valence-electron chi connectivity index (χ1n) is 3.71. The van der Waals surface area contributed by atoms with Crippen LogP contribution < -0.4 is 0 Å². The van der Waals surface area contributed by atoms with Gasteiger partial charge in [-0.25, -0.2) is 0 Å². The van der Waals surface area contributed by atoms with Crippen LogP contribution in [0, 0.1) is 5.92 Å². The van der Waals surface area contributed by atoms with E-state index in [-0.39, 0.29) is 0 Å². The van der Waals surface area contributed by atoms with Gasteiger partial charge >= 0.3 is 0 Å². The van der Waals surface area contributed by atoms with Gasteiger partial charge in [0.1, 0.15) is 0 Å². The fourth-order valence-electron chi connectivity index (χ4n) is 1.27. The first kappa shape index (κ1) is 7.14. The van der Waals surface area contributed by atoms with Gasteiger partial charge in [0.05, 0.1) is 7.85 Å². The van der Waals surface area contributed by atoms with Crippen LogP contribution in [0.3, 0.4) is 0 Å². The van der Waals surface area contributed by atoms with Crippen molar-refractivity contribution in [2.24, 2.45) is 5.92 Å². The molecule has 0 aromatic heterocycles. The Balaban J connectivity index is 2.08. The molecule has 2 radical (unpaired) electrons. The molecule has 0 aromatic carbocycles. The molecule has 1 fully saturated rings. The van der Waals surface area contributed by atoms with Gasteiger partial charge in [-0.3, -0.25) is 0 Å². The van der Waals surface area contributed by atoms with Crippen LogP contribution in [-0.2, 0) is 4.74 Å². The van der Waals surface area contributed by atoms with E-state index in [1.165, 1.54) is 12.8 Å². The molecule has 1 rings (SSSR count). The van der Waals surface area contributed by atoms with Crippen LogP contribution in [0.4, 0.5) is 0 Å². The lowest BCUT2D eigenvalue weighted by molar-refractivity contribution is 0.0536. The van der Waals surface area contributed by atoms with E-state index in [9.17, 15) is 0 Å². The zero-order valence-electron chi connectivity index (χ0n) is 5.81. The van der Waals surface area contributed by atoms with Gasteiger partial charge in [0.25, 0.3) is 0 Å². The summed E-state index contributed by atoms with van der Waals surface area (Å²) >= 11 is 0. The lowest BCUT2D eigenvalue weighted by Crippen LogP contribution is -2.16. The van der Waals surface area contributed by atoms with Gasteiger partial charge in [0, 0.05) is 13.2 Å². The van der Waals surface area contributed by atoms with Crippen LogP contribution in [-0.4, -0.2) is 21.1 Å². The maximum absolute atomic E-state index is 5.40. The van der Waals surface area contributed by atoms with Crippen molar-refractivity contribution in [3.8, 4) is 0 Å². The maximum atomic E-state index is 5.40. The molecule has 0 spiro atoms. The second-order valence-electron chi connectivity index (χ2n) is 2.66. The van der Waals surface area contributed by atoms with Crippen molar-refractivity contribution < 1.29 is 4.74 Å². The highest BCUT2D eigenvalue weighted by Gasteiger charge is 2.11. The third-order valence-corrected chi connectivity index (χ3v) is 1.83. The maximum Gasteiger partial charge on any atom is 0.0653 e. The van der Waals surface area contributed by atoms with Crippen LogP contribution >= 0.6 is 0 Å². The Labute approximate surface area is 58.2 Å². The minimum absolute atomic E-state index is 0.753. The molecule has 1 unspecified atom stereocenters. The molecule has 0 N–H and O–H groups in total. The van der Waals surface area contributed by atoms with E-state index in [1.807, 2.05) is 0 Å². The fourth-order valence-corrected chi connectivity index (χ4v) is 1.27. The Morgan fingerprint density at radius 3 is 3.00 bits per heavy atom. The Morgan fingerprint density at radius 2 is 2.44 bits per heavy atom. The topological polar surface area (TPSA) is 9.23 Å². The molecule has 2 heteroatoms. The van der Waals surface area contributed by atoms with Crippen molar-refractivity contribution in [2.75, 3.05) is 13.2 Å². The summed E-state index contributed by atoms with van der Waals surface area (Å²) in [7, 11) is 5.40. The molecule has 0 aliphatic carbocycles. The van der Waals surface area contributed by atoms with Crippen molar-refractivity contribution in [1.29, 1.82) is 0 Å². The summed E-state index contributed by atoms with van der Waals surface area (Å²) in [5.41, 5.74) is 0. The van der Waals surface area contributed by atoms with Gasteiger partial charge in [-0.05, 0) is 18.8 Å². The number of hydrogen-bond acceptors (Lipinski definition) is 1. The zero-order chi connectivity index (χ0) is 6.53. The summed E-state index contributed by atoms with van der Waals surface area (Å²) in [6, 6.07) is 0. The fraction of sp³-hybridized carbons (Fsp3) is 1.00. The lowest BCUT2D eigenvalue weighted by atomic mass is 9.90. The molecular formula is C7H13BO. The first-order chi connectivity index (χ1) is 4.43. The SMILES string of the molecule is [B]CCC1CCCOC1. The van der Waals surface area contributed by atoms with E-state index < -0.39 is 0 Å². The predicted molar refractivity (Wildman–Crippen MR) is 38.7 cm³/mol. The summed E-state index contributed by atoms with van der Waals surface area (Å²) in [6.45, 7) is 1.90. The van der Waals surface area contributed by atoms with Crippen LogP contribution in [0.5, 0.6) is 0 Å². The molecule has 9 heavy (non-hydrogen) atoms. The van der Waals surface area contributed by atoms with E-state index in [1.54, 1.807) is 0 Å². The number of hydrogen-bond donors (Lipinski definition) is 0. The molecule has 1 heterocycles.